The number of benzene rings is 1. The molecule has 0 unspecified atom stereocenters. The molecule has 1 saturated heterocycles. The van der Waals surface area contributed by atoms with Crippen molar-refractivity contribution in [1.82, 2.24) is 0 Å². The van der Waals surface area contributed by atoms with Gasteiger partial charge in [-0.05, 0) is 13.0 Å². The van der Waals surface area contributed by atoms with Crippen LogP contribution in [-0.4, -0.2) is 16.6 Å². The van der Waals surface area contributed by atoms with Crippen LogP contribution in [0.1, 0.15) is 15.7 Å². The van der Waals surface area contributed by atoms with Gasteiger partial charge in [-0.3, -0.25) is 0 Å². The van der Waals surface area contributed by atoms with Crippen molar-refractivity contribution in [2.45, 2.75) is 11.5 Å². The van der Waals surface area contributed by atoms with Crippen LogP contribution in [0, 0.1) is 6.92 Å². The molecule has 1 fully saturated rings. The van der Waals surface area contributed by atoms with Gasteiger partial charge in [0.25, 0.3) is 0 Å². The van der Waals surface area contributed by atoms with E-state index in [1.807, 2.05) is 29.6 Å². The fourth-order valence-corrected chi connectivity index (χ4v) is 4.30. The first-order chi connectivity index (χ1) is 6.27. The lowest BCUT2D eigenvalue weighted by molar-refractivity contribution is 0.470. The van der Waals surface area contributed by atoms with Crippen molar-refractivity contribution in [1.29, 1.82) is 0 Å². The van der Waals surface area contributed by atoms with Gasteiger partial charge in [0, 0.05) is 17.1 Å². The Bertz CT molecular complexity index is 306. The number of thioether (sulfide) groups is 2. The van der Waals surface area contributed by atoms with Crippen molar-refractivity contribution in [3.05, 3.63) is 29.3 Å². The lowest BCUT2D eigenvalue weighted by Crippen LogP contribution is -1.87. The Hall–Kier alpha value is -0.280. The molecule has 1 heterocycles. The molecule has 1 aliphatic heterocycles. The first-order valence-corrected chi connectivity index (χ1v) is 6.40. The van der Waals surface area contributed by atoms with Crippen molar-refractivity contribution < 1.29 is 5.11 Å². The normalized spacial score (nSPS) is 17.9. The van der Waals surface area contributed by atoms with Crippen molar-refractivity contribution >= 4 is 23.5 Å². The van der Waals surface area contributed by atoms with E-state index in [0.29, 0.717) is 10.3 Å². The van der Waals surface area contributed by atoms with Gasteiger partial charge in [-0.15, -0.1) is 23.5 Å². The Balaban J connectivity index is 2.32. The van der Waals surface area contributed by atoms with Gasteiger partial charge in [-0.25, -0.2) is 0 Å². The Kier molecular flexibility index (Phi) is 2.74. The third kappa shape index (κ3) is 1.97. The molecule has 3 heteroatoms. The molecule has 1 aromatic carbocycles. The molecule has 70 valence electrons. The van der Waals surface area contributed by atoms with Crippen LogP contribution in [0.2, 0.25) is 0 Å². The van der Waals surface area contributed by atoms with Crippen LogP contribution in [-0.2, 0) is 0 Å². The molecule has 1 N–H and O–H groups in total. The maximum absolute atomic E-state index is 9.67. The predicted molar refractivity (Wildman–Crippen MR) is 60.5 cm³/mol. The molecule has 1 nitrogen and oxygen atoms in total. The summed E-state index contributed by atoms with van der Waals surface area (Å²) >= 11 is 3.84. The van der Waals surface area contributed by atoms with E-state index in [2.05, 4.69) is 13.0 Å². The Labute approximate surface area is 86.9 Å². The van der Waals surface area contributed by atoms with Crippen LogP contribution in [0.5, 0.6) is 5.75 Å². The highest BCUT2D eigenvalue weighted by Gasteiger charge is 2.20. The maximum Gasteiger partial charge on any atom is 0.120 e. The van der Waals surface area contributed by atoms with Gasteiger partial charge in [0.15, 0.2) is 0 Å². The Morgan fingerprint density at radius 1 is 1.31 bits per heavy atom. The molecule has 1 aliphatic rings. The molecule has 0 aliphatic carbocycles. The van der Waals surface area contributed by atoms with Crippen LogP contribution in [0.3, 0.4) is 0 Å². The van der Waals surface area contributed by atoms with Crippen LogP contribution < -0.4 is 0 Å². The van der Waals surface area contributed by atoms with E-state index in [1.165, 1.54) is 17.1 Å². The maximum atomic E-state index is 9.67. The second-order valence-electron chi connectivity index (χ2n) is 3.14. The number of aryl methyl sites for hydroxylation is 1. The minimum Gasteiger partial charge on any atom is -0.508 e. The number of phenolic OH excluding ortho intramolecular Hbond substituents is 1. The first-order valence-electron chi connectivity index (χ1n) is 4.30. The molecule has 2 rings (SSSR count). The second kappa shape index (κ2) is 3.84. The second-order valence-corrected chi connectivity index (χ2v) is 5.86. The quantitative estimate of drug-likeness (QED) is 0.772. The monoisotopic (exact) mass is 212 g/mol. The molecule has 0 saturated carbocycles. The van der Waals surface area contributed by atoms with Gasteiger partial charge in [-0.2, -0.15) is 0 Å². The van der Waals surface area contributed by atoms with E-state index in [1.54, 1.807) is 6.07 Å². The fraction of sp³-hybridized carbons (Fsp3) is 0.400. The highest BCUT2D eigenvalue weighted by molar-refractivity contribution is 8.19. The zero-order valence-corrected chi connectivity index (χ0v) is 9.12. The summed E-state index contributed by atoms with van der Waals surface area (Å²) in [6.45, 7) is 2.06. The fourth-order valence-electron chi connectivity index (χ4n) is 1.40. The zero-order chi connectivity index (χ0) is 9.26. The third-order valence-electron chi connectivity index (χ3n) is 2.06. The number of rotatable bonds is 1. The molecule has 0 spiro atoms. The van der Waals surface area contributed by atoms with Crippen LogP contribution >= 0.6 is 23.5 Å². The van der Waals surface area contributed by atoms with Gasteiger partial charge in [0.05, 0.1) is 4.58 Å². The van der Waals surface area contributed by atoms with Gasteiger partial charge < -0.3 is 5.11 Å². The minimum atomic E-state index is 0.442. The molecule has 0 amide bonds. The highest BCUT2D eigenvalue weighted by Crippen LogP contribution is 2.48. The standard InChI is InChI=1S/C10H12OS2/c1-7-2-3-9(11)8(6-7)10-12-4-5-13-10/h2-3,6,10-11H,4-5H2,1H3. The number of aromatic hydroxyl groups is 1. The molecule has 0 aromatic heterocycles. The molecule has 0 radical (unpaired) electrons. The minimum absolute atomic E-state index is 0.442. The van der Waals surface area contributed by atoms with E-state index in [-0.39, 0.29) is 0 Å². The average Bonchev–Trinajstić information content (AvgIpc) is 2.61. The number of hydrogen-bond donors (Lipinski definition) is 1. The highest BCUT2D eigenvalue weighted by atomic mass is 32.2. The van der Waals surface area contributed by atoms with E-state index in [0.717, 1.165) is 5.56 Å². The lowest BCUT2D eigenvalue weighted by atomic mass is 10.1. The van der Waals surface area contributed by atoms with Crippen LogP contribution in [0.15, 0.2) is 18.2 Å². The van der Waals surface area contributed by atoms with Crippen molar-refractivity contribution in [3.63, 3.8) is 0 Å². The number of phenols is 1. The number of hydrogen-bond acceptors (Lipinski definition) is 3. The van der Waals surface area contributed by atoms with E-state index < -0.39 is 0 Å². The van der Waals surface area contributed by atoms with Crippen LogP contribution in [0.25, 0.3) is 0 Å². The van der Waals surface area contributed by atoms with E-state index in [4.69, 9.17) is 0 Å². The zero-order valence-electron chi connectivity index (χ0n) is 7.49. The summed E-state index contributed by atoms with van der Waals surface area (Å²) < 4.78 is 0.444. The summed E-state index contributed by atoms with van der Waals surface area (Å²) in [5, 5.41) is 9.67. The SMILES string of the molecule is Cc1ccc(O)c(C2SCCS2)c1. The summed E-state index contributed by atoms with van der Waals surface area (Å²) in [6.07, 6.45) is 0. The van der Waals surface area contributed by atoms with Gasteiger partial charge in [0.1, 0.15) is 5.75 Å². The summed E-state index contributed by atoms with van der Waals surface area (Å²) in [7, 11) is 0. The molecule has 0 atom stereocenters. The summed E-state index contributed by atoms with van der Waals surface area (Å²) in [5.74, 6) is 2.84. The Morgan fingerprint density at radius 2 is 2.00 bits per heavy atom. The first kappa shape index (κ1) is 9.28. The van der Waals surface area contributed by atoms with Crippen molar-refractivity contribution in [2.24, 2.45) is 0 Å². The molecular formula is C10H12OS2. The lowest BCUT2D eigenvalue weighted by Gasteiger charge is -2.10. The van der Waals surface area contributed by atoms with Crippen molar-refractivity contribution in [2.75, 3.05) is 11.5 Å². The predicted octanol–water partition coefficient (Wildman–Crippen LogP) is 3.18. The topological polar surface area (TPSA) is 20.2 Å². The molecule has 1 aromatic rings. The average molecular weight is 212 g/mol. The molecule has 13 heavy (non-hydrogen) atoms. The van der Waals surface area contributed by atoms with Crippen molar-refractivity contribution in [3.8, 4) is 5.75 Å². The van der Waals surface area contributed by atoms with Gasteiger partial charge in [0.2, 0.25) is 0 Å². The summed E-state index contributed by atoms with van der Waals surface area (Å²) in [4.78, 5) is 0. The van der Waals surface area contributed by atoms with Crippen LogP contribution in [0.4, 0.5) is 0 Å². The van der Waals surface area contributed by atoms with E-state index in [9.17, 15) is 5.11 Å². The van der Waals surface area contributed by atoms with Gasteiger partial charge in [-0.1, -0.05) is 17.7 Å². The molecule has 0 bridgehead atoms. The van der Waals surface area contributed by atoms with Gasteiger partial charge >= 0.3 is 0 Å². The smallest absolute Gasteiger partial charge is 0.120 e. The summed E-state index contributed by atoms with van der Waals surface area (Å²) in [6, 6.07) is 5.83. The van der Waals surface area contributed by atoms with E-state index >= 15 is 0 Å². The summed E-state index contributed by atoms with van der Waals surface area (Å²) in [5.41, 5.74) is 2.31. The Morgan fingerprint density at radius 3 is 2.69 bits per heavy atom. The molecular weight excluding hydrogens is 200 g/mol. The largest absolute Gasteiger partial charge is 0.508 e. The third-order valence-corrected chi connectivity index (χ3v) is 5.13.